The van der Waals surface area contributed by atoms with Crippen molar-refractivity contribution in [2.75, 3.05) is 0 Å². The molecule has 136 valence electrons. The third-order valence-electron chi connectivity index (χ3n) is 4.63. The molecule has 0 unspecified atom stereocenters. The van der Waals surface area contributed by atoms with E-state index in [2.05, 4.69) is 0 Å². The molecule has 0 saturated carbocycles. The number of ketones is 2. The van der Waals surface area contributed by atoms with Crippen LogP contribution in [0.2, 0.25) is 0 Å². The van der Waals surface area contributed by atoms with Gasteiger partial charge in [0.15, 0.2) is 11.6 Å². The lowest BCUT2D eigenvalue weighted by Gasteiger charge is -2.26. The number of carbonyl (C=O) groups is 3. The quantitative estimate of drug-likeness (QED) is 0.602. The zero-order valence-electron chi connectivity index (χ0n) is 15.0. The summed E-state index contributed by atoms with van der Waals surface area (Å²) in [6, 6.07) is 6.53. The number of hydrogen-bond acceptors (Lipinski definition) is 5. The summed E-state index contributed by atoms with van der Waals surface area (Å²) in [7, 11) is 0. The Morgan fingerprint density at radius 1 is 0.769 bits per heavy atom. The van der Waals surface area contributed by atoms with Crippen LogP contribution in [0.15, 0.2) is 24.3 Å². The Morgan fingerprint density at radius 3 is 1.46 bits per heavy atom. The Hall–Kier alpha value is -2.95. The zero-order valence-corrected chi connectivity index (χ0v) is 15.0. The maximum atomic E-state index is 12.7. The highest BCUT2D eigenvalue weighted by Crippen LogP contribution is 2.45. The molecule has 0 atom stereocenters. The van der Waals surface area contributed by atoms with Crippen molar-refractivity contribution in [2.45, 2.75) is 39.5 Å². The number of phenols is 2. The van der Waals surface area contributed by atoms with Crippen molar-refractivity contribution in [1.82, 2.24) is 0 Å². The maximum absolute atomic E-state index is 12.7. The topological polar surface area (TPSA) is 91.7 Å². The maximum Gasteiger partial charge on any atom is 0.198 e. The number of carbonyl (C=O) groups excluding carboxylic acids is 3. The second kappa shape index (κ2) is 7.95. The number of benzene rings is 2. The standard InChI is InChI=1S/C18H14O4.C2H6.CH2O/c19-15-9-5-1-2-6-10(9)16(20)14-13(15)17(21)11-7-3-4-8-12(11)18(14)22;2*1-2/h1-2,5-6,21-22H,3-4,7-8H2;1-2H3;1H2. The molecule has 26 heavy (non-hydrogen) atoms. The van der Waals surface area contributed by atoms with Crippen molar-refractivity contribution in [2.24, 2.45) is 0 Å². The molecule has 5 heteroatoms. The summed E-state index contributed by atoms with van der Waals surface area (Å²) in [6.07, 6.45) is 3.03. The Morgan fingerprint density at radius 2 is 1.12 bits per heavy atom. The van der Waals surface area contributed by atoms with Gasteiger partial charge in [0.25, 0.3) is 0 Å². The second-order valence-corrected chi connectivity index (χ2v) is 5.82. The van der Waals surface area contributed by atoms with E-state index in [0.29, 0.717) is 24.0 Å². The molecule has 0 amide bonds. The smallest absolute Gasteiger partial charge is 0.198 e. The van der Waals surface area contributed by atoms with Crippen LogP contribution in [-0.2, 0) is 17.6 Å². The highest BCUT2D eigenvalue weighted by atomic mass is 16.3. The van der Waals surface area contributed by atoms with Gasteiger partial charge in [0.05, 0.1) is 11.1 Å². The van der Waals surface area contributed by atoms with Crippen molar-refractivity contribution < 1.29 is 24.6 Å². The molecule has 0 fully saturated rings. The highest BCUT2D eigenvalue weighted by molar-refractivity contribution is 6.30. The van der Waals surface area contributed by atoms with Crippen molar-refractivity contribution >= 4 is 18.4 Å². The average Bonchev–Trinajstić information content (AvgIpc) is 2.72. The van der Waals surface area contributed by atoms with E-state index in [4.69, 9.17) is 4.79 Å². The first-order chi connectivity index (χ1) is 12.6. The van der Waals surface area contributed by atoms with Crippen molar-refractivity contribution in [3.05, 3.63) is 57.6 Å². The first kappa shape index (κ1) is 19.4. The van der Waals surface area contributed by atoms with Gasteiger partial charge in [-0.3, -0.25) is 9.59 Å². The van der Waals surface area contributed by atoms with Crippen molar-refractivity contribution in [3.8, 4) is 11.5 Å². The summed E-state index contributed by atoms with van der Waals surface area (Å²) >= 11 is 0. The van der Waals surface area contributed by atoms with Gasteiger partial charge in [0.2, 0.25) is 0 Å². The van der Waals surface area contributed by atoms with Crippen LogP contribution in [0, 0.1) is 0 Å². The van der Waals surface area contributed by atoms with Crippen LogP contribution in [0.3, 0.4) is 0 Å². The lowest BCUT2D eigenvalue weighted by Crippen LogP contribution is -2.23. The van der Waals surface area contributed by atoms with Gasteiger partial charge in [-0.25, -0.2) is 0 Å². The number of hydrogen-bond donors (Lipinski definition) is 2. The van der Waals surface area contributed by atoms with Gasteiger partial charge < -0.3 is 15.0 Å². The first-order valence-electron chi connectivity index (χ1n) is 8.68. The summed E-state index contributed by atoms with van der Waals surface area (Å²) < 4.78 is 0. The van der Waals surface area contributed by atoms with Gasteiger partial charge in [-0.15, -0.1) is 0 Å². The van der Waals surface area contributed by atoms with E-state index < -0.39 is 11.6 Å². The lowest BCUT2D eigenvalue weighted by molar-refractivity contribution is -0.0980. The monoisotopic (exact) mass is 354 g/mol. The summed E-state index contributed by atoms with van der Waals surface area (Å²) in [6.45, 7) is 6.00. The second-order valence-electron chi connectivity index (χ2n) is 5.82. The molecule has 0 heterocycles. The molecular formula is C21H22O5. The SMILES string of the molecule is C=O.CC.O=C1c2ccccc2C(=O)c2c(O)c3c(c(O)c21)CCCC3. The fourth-order valence-electron chi connectivity index (χ4n) is 3.56. The minimum absolute atomic E-state index is 0.0400. The van der Waals surface area contributed by atoms with Crippen LogP contribution in [0.5, 0.6) is 11.5 Å². The molecule has 0 radical (unpaired) electrons. The van der Waals surface area contributed by atoms with Crippen LogP contribution in [0.4, 0.5) is 0 Å². The Balaban J connectivity index is 0.000000570. The van der Waals surface area contributed by atoms with E-state index in [9.17, 15) is 19.8 Å². The number of rotatable bonds is 0. The molecule has 0 spiro atoms. The molecule has 2 aromatic carbocycles. The van der Waals surface area contributed by atoms with Gasteiger partial charge in [0, 0.05) is 22.3 Å². The van der Waals surface area contributed by atoms with E-state index in [0.717, 1.165) is 12.8 Å². The molecule has 2 aromatic rings. The van der Waals surface area contributed by atoms with Crippen LogP contribution in [-0.4, -0.2) is 28.6 Å². The summed E-state index contributed by atoms with van der Waals surface area (Å²) in [4.78, 5) is 33.4. The normalized spacial score (nSPS) is 13.9. The average molecular weight is 354 g/mol. The van der Waals surface area contributed by atoms with Gasteiger partial charge >= 0.3 is 0 Å². The summed E-state index contributed by atoms with van der Waals surface area (Å²) in [5, 5.41) is 21.1. The predicted octanol–water partition coefficient (Wildman–Crippen LogP) is 3.59. The Labute approximate surface area is 152 Å². The van der Waals surface area contributed by atoms with E-state index >= 15 is 0 Å². The largest absolute Gasteiger partial charge is 0.507 e. The van der Waals surface area contributed by atoms with Crippen molar-refractivity contribution in [3.63, 3.8) is 0 Å². The van der Waals surface area contributed by atoms with Crippen LogP contribution in [0.25, 0.3) is 0 Å². The van der Waals surface area contributed by atoms with Gasteiger partial charge in [-0.2, -0.15) is 0 Å². The minimum Gasteiger partial charge on any atom is -0.507 e. The predicted molar refractivity (Wildman–Crippen MR) is 98.2 cm³/mol. The van der Waals surface area contributed by atoms with E-state index in [1.807, 2.05) is 20.6 Å². The molecule has 2 aliphatic carbocycles. The first-order valence-corrected chi connectivity index (χ1v) is 8.68. The Bertz CT molecular complexity index is 797. The molecule has 2 N–H and O–H groups in total. The molecule has 4 rings (SSSR count). The third-order valence-corrected chi connectivity index (χ3v) is 4.63. The summed E-state index contributed by atoms with van der Waals surface area (Å²) in [5.74, 6) is -1.05. The van der Waals surface area contributed by atoms with Gasteiger partial charge in [0.1, 0.15) is 18.3 Å². The summed E-state index contributed by atoms with van der Waals surface area (Å²) in [5.41, 5.74) is 1.71. The fraction of sp³-hybridized carbons (Fsp3) is 0.286. The van der Waals surface area contributed by atoms with E-state index in [1.165, 1.54) is 0 Å². The molecule has 5 nitrogen and oxygen atoms in total. The van der Waals surface area contributed by atoms with Crippen LogP contribution >= 0.6 is 0 Å². The molecule has 0 bridgehead atoms. The Kier molecular flexibility index (Phi) is 5.93. The molecule has 0 aromatic heterocycles. The number of aromatic hydroxyl groups is 2. The molecule has 0 saturated heterocycles. The molecule has 0 aliphatic heterocycles. The minimum atomic E-state index is -0.397. The number of phenolic OH excluding ortho intramolecular Hbond substituents is 2. The third kappa shape index (κ3) is 2.79. The lowest BCUT2D eigenvalue weighted by atomic mass is 9.78. The molecular weight excluding hydrogens is 332 g/mol. The van der Waals surface area contributed by atoms with Gasteiger partial charge in [-0.1, -0.05) is 38.1 Å². The van der Waals surface area contributed by atoms with E-state index in [-0.39, 0.29) is 33.8 Å². The molecule has 2 aliphatic rings. The van der Waals surface area contributed by atoms with Crippen LogP contribution < -0.4 is 0 Å². The van der Waals surface area contributed by atoms with Crippen LogP contribution in [0.1, 0.15) is 69.7 Å². The number of fused-ring (bicyclic) bond motifs is 3. The van der Waals surface area contributed by atoms with E-state index in [1.54, 1.807) is 24.3 Å². The van der Waals surface area contributed by atoms with Crippen molar-refractivity contribution in [1.29, 1.82) is 0 Å². The highest BCUT2D eigenvalue weighted by Gasteiger charge is 2.37. The van der Waals surface area contributed by atoms with Gasteiger partial charge in [-0.05, 0) is 25.7 Å². The zero-order chi connectivity index (χ0) is 19.4. The fourth-order valence-corrected chi connectivity index (χ4v) is 3.56.